The molecule has 1 saturated heterocycles. The second-order valence-corrected chi connectivity index (χ2v) is 7.94. The summed E-state index contributed by atoms with van der Waals surface area (Å²) in [6.45, 7) is 1.21. The van der Waals surface area contributed by atoms with Gasteiger partial charge in [-0.15, -0.1) is 0 Å². The van der Waals surface area contributed by atoms with Gasteiger partial charge in [-0.25, -0.2) is 9.18 Å². The van der Waals surface area contributed by atoms with E-state index in [1.54, 1.807) is 6.20 Å². The molecule has 156 valence electrons. The van der Waals surface area contributed by atoms with E-state index >= 15 is 4.39 Å². The average Bonchev–Trinajstić information content (AvgIpc) is 3.48. The molecule has 2 fully saturated rings. The lowest BCUT2D eigenvalue weighted by atomic mass is 10.0. The highest BCUT2D eigenvalue weighted by Gasteiger charge is 2.35. The number of ether oxygens (including phenoxy) is 1. The van der Waals surface area contributed by atoms with Crippen LogP contribution in [-0.2, 0) is 0 Å². The van der Waals surface area contributed by atoms with Crippen LogP contribution in [0.2, 0.25) is 0 Å². The van der Waals surface area contributed by atoms with E-state index in [4.69, 9.17) is 10.6 Å². The standard InChI is InChI=1S/C21H22FN5O3/c1-30-19-17(25-8-6-14(10-25)13-3-2-7-24-9-13)15(22)11-26-18(19)16(12-4-5-12)20(28)27(23)21(26)29/h2-3,7,9,11-12,14H,4-6,8,10,23H2,1H3. The lowest BCUT2D eigenvalue weighted by Crippen LogP contribution is -2.44. The number of aromatic nitrogens is 3. The molecule has 0 bridgehead atoms. The third kappa shape index (κ3) is 2.76. The molecule has 5 rings (SSSR count). The van der Waals surface area contributed by atoms with Gasteiger partial charge in [0.1, 0.15) is 11.2 Å². The molecule has 3 aromatic heterocycles. The Hall–Kier alpha value is -3.36. The molecule has 0 spiro atoms. The number of anilines is 1. The number of nitrogens with zero attached hydrogens (tertiary/aromatic N) is 4. The minimum atomic E-state index is -0.794. The lowest BCUT2D eigenvalue weighted by molar-refractivity contribution is 0.412. The van der Waals surface area contributed by atoms with Crippen molar-refractivity contribution >= 4 is 11.2 Å². The van der Waals surface area contributed by atoms with Crippen molar-refractivity contribution < 1.29 is 9.13 Å². The normalized spacial score (nSPS) is 18.9. The summed E-state index contributed by atoms with van der Waals surface area (Å²) in [5.74, 6) is 5.51. The van der Waals surface area contributed by atoms with Gasteiger partial charge in [0.05, 0.1) is 18.9 Å². The maximum atomic E-state index is 15.3. The molecule has 1 atom stereocenters. The van der Waals surface area contributed by atoms with E-state index in [-0.39, 0.29) is 23.3 Å². The molecular weight excluding hydrogens is 389 g/mol. The van der Waals surface area contributed by atoms with Gasteiger partial charge >= 0.3 is 5.69 Å². The van der Waals surface area contributed by atoms with E-state index in [1.165, 1.54) is 7.11 Å². The largest absolute Gasteiger partial charge is 0.492 e. The first-order chi connectivity index (χ1) is 14.5. The van der Waals surface area contributed by atoms with Gasteiger partial charge in [-0.3, -0.25) is 14.2 Å². The van der Waals surface area contributed by atoms with Crippen LogP contribution in [0.4, 0.5) is 10.1 Å². The number of nitrogen functional groups attached to an aromatic ring is 1. The van der Waals surface area contributed by atoms with Crippen LogP contribution in [0.25, 0.3) is 5.52 Å². The van der Waals surface area contributed by atoms with Crippen molar-refractivity contribution in [1.82, 2.24) is 14.1 Å². The van der Waals surface area contributed by atoms with E-state index in [0.717, 1.165) is 35.4 Å². The highest BCUT2D eigenvalue weighted by molar-refractivity contribution is 5.78. The zero-order valence-electron chi connectivity index (χ0n) is 16.5. The molecule has 0 aromatic carbocycles. The Morgan fingerprint density at radius 1 is 1.23 bits per heavy atom. The van der Waals surface area contributed by atoms with Gasteiger partial charge in [-0.1, -0.05) is 6.07 Å². The van der Waals surface area contributed by atoms with Crippen LogP contribution < -0.4 is 26.7 Å². The first-order valence-electron chi connectivity index (χ1n) is 9.99. The third-order valence-electron chi connectivity index (χ3n) is 6.11. The van der Waals surface area contributed by atoms with Crippen molar-refractivity contribution in [1.29, 1.82) is 0 Å². The highest BCUT2D eigenvalue weighted by Crippen LogP contribution is 2.45. The molecule has 1 aliphatic heterocycles. The number of methoxy groups -OCH3 is 1. The summed E-state index contributed by atoms with van der Waals surface area (Å²) in [5, 5.41) is 0. The molecule has 4 heterocycles. The average molecular weight is 411 g/mol. The minimum Gasteiger partial charge on any atom is -0.492 e. The molecule has 1 aliphatic carbocycles. The first-order valence-corrected chi connectivity index (χ1v) is 9.99. The van der Waals surface area contributed by atoms with E-state index in [2.05, 4.69) is 4.98 Å². The summed E-state index contributed by atoms with van der Waals surface area (Å²) in [5.41, 5.74) is 0.766. The van der Waals surface area contributed by atoms with Crippen LogP contribution in [0.3, 0.4) is 0 Å². The number of nitrogens with two attached hydrogens (primary N) is 1. The molecule has 3 aromatic rings. The fourth-order valence-corrected chi connectivity index (χ4v) is 4.49. The molecule has 0 amide bonds. The number of fused-ring (bicyclic) bond motifs is 1. The Morgan fingerprint density at radius 3 is 2.70 bits per heavy atom. The number of halogens is 1. The van der Waals surface area contributed by atoms with Gasteiger partial charge in [-0.2, -0.15) is 4.68 Å². The second kappa shape index (κ2) is 6.86. The second-order valence-electron chi connectivity index (χ2n) is 7.94. The van der Waals surface area contributed by atoms with Gasteiger partial charge in [0.15, 0.2) is 11.6 Å². The number of rotatable bonds is 4. The molecule has 30 heavy (non-hydrogen) atoms. The Labute approximate surface area is 171 Å². The number of hydrogen-bond donors (Lipinski definition) is 1. The van der Waals surface area contributed by atoms with Crippen LogP contribution >= 0.6 is 0 Å². The quantitative estimate of drug-likeness (QED) is 0.655. The molecular formula is C21H22FN5O3. The van der Waals surface area contributed by atoms with Crippen molar-refractivity contribution in [2.75, 3.05) is 30.9 Å². The monoisotopic (exact) mass is 411 g/mol. The number of pyridine rings is 2. The SMILES string of the molecule is COc1c(N2CCC(c3cccnc3)C2)c(F)cn2c(=O)n(N)c(=O)c(C3CC3)c12. The molecule has 2 aliphatic rings. The van der Waals surface area contributed by atoms with E-state index in [0.29, 0.717) is 28.8 Å². The summed E-state index contributed by atoms with van der Waals surface area (Å²) in [6, 6.07) is 3.91. The fraction of sp³-hybridized carbons (Fsp3) is 0.381. The Balaban J connectivity index is 1.69. The molecule has 1 unspecified atom stereocenters. The van der Waals surface area contributed by atoms with Crippen LogP contribution in [0, 0.1) is 5.82 Å². The molecule has 1 saturated carbocycles. The van der Waals surface area contributed by atoms with E-state index in [1.807, 2.05) is 23.2 Å². The topological polar surface area (TPSA) is 94.9 Å². The Bertz CT molecular complexity index is 1250. The van der Waals surface area contributed by atoms with E-state index < -0.39 is 17.1 Å². The van der Waals surface area contributed by atoms with Gasteiger partial charge in [0.2, 0.25) is 0 Å². The lowest BCUT2D eigenvalue weighted by Gasteiger charge is -2.24. The molecule has 2 N–H and O–H groups in total. The molecule has 8 nitrogen and oxygen atoms in total. The maximum Gasteiger partial charge on any atom is 0.354 e. The maximum absolute atomic E-state index is 15.3. The predicted octanol–water partition coefficient (Wildman–Crippen LogP) is 1.59. The van der Waals surface area contributed by atoms with Gasteiger partial charge in [-0.05, 0) is 36.8 Å². The summed E-state index contributed by atoms with van der Waals surface area (Å²) >= 11 is 0. The van der Waals surface area contributed by atoms with Crippen LogP contribution in [-0.4, -0.2) is 34.3 Å². The Kier molecular flexibility index (Phi) is 4.27. The predicted molar refractivity (Wildman–Crippen MR) is 110 cm³/mol. The van der Waals surface area contributed by atoms with Crippen LogP contribution in [0.5, 0.6) is 5.75 Å². The van der Waals surface area contributed by atoms with Crippen molar-refractivity contribution in [2.45, 2.75) is 31.1 Å². The van der Waals surface area contributed by atoms with Crippen LogP contribution in [0.15, 0.2) is 40.3 Å². The molecule has 9 heteroatoms. The highest BCUT2D eigenvalue weighted by atomic mass is 19.1. The van der Waals surface area contributed by atoms with Crippen molar-refractivity contribution in [2.24, 2.45) is 0 Å². The minimum absolute atomic E-state index is 0.00293. The summed E-state index contributed by atoms with van der Waals surface area (Å²) in [4.78, 5) is 31.5. The van der Waals surface area contributed by atoms with Crippen molar-refractivity contribution in [3.8, 4) is 5.75 Å². The number of hydrogen-bond acceptors (Lipinski definition) is 6. The first kappa shape index (κ1) is 18.7. The smallest absolute Gasteiger partial charge is 0.354 e. The third-order valence-corrected chi connectivity index (χ3v) is 6.11. The zero-order valence-corrected chi connectivity index (χ0v) is 16.5. The van der Waals surface area contributed by atoms with Gasteiger partial charge in [0, 0.05) is 31.4 Å². The van der Waals surface area contributed by atoms with Gasteiger partial charge in [0.25, 0.3) is 5.56 Å². The Morgan fingerprint density at radius 2 is 2.03 bits per heavy atom. The summed E-state index contributed by atoms with van der Waals surface area (Å²) in [7, 11) is 1.43. The zero-order chi connectivity index (χ0) is 21.0. The van der Waals surface area contributed by atoms with E-state index in [9.17, 15) is 9.59 Å². The van der Waals surface area contributed by atoms with Gasteiger partial charge < -0.3 is 15.5 Å². The van der Waals surface area contributed by atoms with Crippen molar-refractivity contribution in [3.63, 3.8) is 0 Å². The fourth-order valence-electron chi connectivity index (χ4n) is 4.49. The summed E-state index contributed by atoms with van der Waals surface area (Å²) < 4.78 is 22.6. The van der Waals surface area contributed by atoms with Crippen LogP contribution in [0.1, 0.15) is 42.2 Å². The summed E-state index contributed by atoms with van der Waals surface area (Å²) in [6.07, 6.45) is 7.16. The molecule has 0 radical (unpaired) electrons. The van der Waals surface area contributed by atoms with Crippen molar-refractivity contribution in [3.05, 3.63) is 68.5 Å².